The molecule has 0 unspecified atom stereocenters. The molecule has 1 amide bonds. The van der Waals surface area contributed by atoms with Crippen LogP contribution in [0.25, 0.3) is 0 Å². The molecule has 0 atom stereocenters. The van der Waals surface area contributed by atoms with Crippen molar-refractivity contribution in [2.24, 2.45) is 0 Å². The number of nitriles is 1. The smallest absolute Gasteiger partial charge is 0.235 e. The van der Waals surface area contributed by atoms with Crippen LogP contribution >= 0.6 is 0 Å². The fourth-order valence-corrected chi connectivity index (χ4v) is 0.956. The molecule has 0 rings (SSSR count). The lowest BCUT2D eigenvalue weighted by Crippen LogP contribution is -2.38. The van der Waals surface area contributed by atoms with Crippen LogP contribution in [0.4, 0.5) is 0 Å². The Morgan fingerprint density at radius 2 is 2.43 bits per heavy atom. The molecule has 0 aromatic rings. The molecule has 0 fully saturated rings. The van der Waals surface area contributed by atoms with Gasteiger partial charge in [0.1, 0.15) is 6.54 Å². The van der Waals surface area contributed by atoms with Crippen LogP contribution in [-0.2, 0) is 4.79 Å². The number of aliphatic hydroxyl groups excluding tert-OH is 1. The zero-order valence-electron chi connectivity index (χ0n) is 8.07. The molecule has 0 saturated heterocycles. The van der Waals surface area contributed by atoms with E-state index in [-0.39, 0.29) is 25.6 Å². The van der Waals surface area contributed by atoms with E-state index in [4.69, 9.17) is 10.4 Å². The van der Waals surface area contributed by atoms with E-state index in [9.17, 15) is 4.79 Å². The predicted octanol–water partition coefficient (Wildman–Crippen LogP) is -0.894. The molecular weight excluding hydrogens is 182 g/mol. The summed E-state index contributed by atoms with van der Waals surface area (Å²) in [7, 11) is 0. The minimum absolute atomic E-state index is 0.000625. The zero-order chi connectivity index (χ0) is 10.8. The van der Waals surface area contributed by atoms with Crippen LogP contribution in [0.15, 0.2) is 12.7 Å². The average molecular weight is 197 g/mol. The molecule has 0 spiro atoms. The number of aliphatic hydroxyl groups is 1. The highest BCUT2D eigenvalue weighted by Crippen LogP contribution is 1.87. The summed E-state index contributed by atoms with van der Waals surface area (Å²) in [6.07, 6.45) is 1.66. The monoisotopic (exact) mass is 197 g/mol. The molecule has 78 valence electrons. The molecule has 0 aliphatic heterocycles. The van der Waals surface area contributed by atoms with E-state index in [0.717, 1.165) is 0 Å². The standard InChI is InChI=1S/C9H15N3O2/c1-2-5-12(6-7-13)8-9(14)11-4-3-10/h2,13H,1,4-8H2,(H,11,14). The van der Waals surface area contributed by atoms with Crippen molar-refractivity contribution in [2.75, 3.05) is 32.8 Å². The van der Waals surface area contributed by atoms with Crippen molar-refractivity contribution < 1.29 is 9.90 Å². The molecule has 0 bridgehead atoms. The van der Waals surface area contributed by atoms with Gasteiger partial charge in [-0.1, -0.05) is 6.08 Å². The fraction of sp³-hybridized carbons (Fsp3) is 0.556. The Labute approximate surface area is 83.6 Å². The van der Waals surface area contributed by atoms with Gasteiger partial charge in [-0.05, 0) is 0 Å². The molecule has 0 saturated carbocycles. The van der Waals surface area contributed by atoms with E-state index in [1.165, 1.54) is 0 Å². The minimum atomic E-state index is -0.221. The lowest BCUT2D eigenvalue weighted by Gasteiger charge is -2.17. The molecule has 0 aliphatic rings. The third kappa shape index (κ3) is 6.17. The van der Waals surface area contributed by atoms with Crippen LogP contribution in [0, 0.1) is 11.3 Å². The van der Waals surface area contributed by atoms with Gasteiger partial charge in [-0.15, -0.1) is 6.58 Å². The number of amides is 1. The molecule has 0 aliphatic carbocycles. The number of hydrogen-bond donors (Lipinski definition) is 2. The number of carbonyl (C=O) groups excluding carboxylic acids is 1. The summed E-state index contributed by atoms with van der Waals surface area (Å²) in [5.41, 5.74) is 0. The third-order valence-electron chi connectivity index (χ3n) is 1.54. The van der Waals surface area contributed by atoms with Gasteiger partial charge in [0, 0.05) is 13.1 Å². The highest BCUT2D eigenvalue weighted by Gasteiger charge is 2.07. The summed E-state index contributed by atoms with van der Waals surface area (Å²) >= 11 is 0. The maximum atomic E-state index is 11.1. The van der Waals surface area contributed by atoms with Crippen LogP contribution in [0.2, 0.25) is 0 Å². The summed E-state index contributed by atoms with van der Waals surface area (Å²) in [4.78, 5) is 12.9. The molecule has 5 nitrogen and oxygen atoms in total. The SMILES string of the molecule is C=CCN(CCO)CC(=O)NCC#N. The Morgan fingerprint density at radius 3 is 2.93 bits per heavy atom. The number of nitrogens with zero attached hydrogens (tertiary/aromatic N) is 2. The highest BCUT2D eigenvalue weighted by molar-refractivity contribution is 5.78. The van der Waals surface area contributed by atoms with Gasteiger partial charge in [0.05, 0.1) is 19.2 Å². The van der Waals surface area contributed by atoms with E-state index in [0.29, 0.717) is 13.1 Å². The largest absolute Gasteiger partial charge is 0.395 e. The van der Waals surface area contributed by atoms with E-state index in [2.05, 4.69) is 11.9 Å². The lowest BCUT2D eigenvalue weighted by molar-refractivity contribution is -0.121. The van der Waals surface area contributed by atoms with Crippen molar-refractivity contribution in [3.05, 3.63) is 12.7 Å². The first-order chi connectivity index (χ1) is 6.74. The normalized spacial score (nSPS) is 9.50. The molecule has 0 heterocycles. The van der Waals surface area contributed by atoms with Gasteiger partial charge >= 0.3 is 0 Å². The summed E-state index contributed by atoms with van der Waals surface area (Å²) in [5.74, 6) is -0.221. The third-order valence-corrected chi connectivity index (χ3v) is 1.54. The van der Waals surface area contributed by atoms with Gasteiger partial charge in [-0.25, -0.2) is 0 Å². The quantitative estimate of drug-likeness (QED) is 0.410. The second-order valence-corrected chi connectivity index (χ2v) is 2.68. The van der Waals surface area contributed by atoms with Gasteiger partial charge in [0.25, 0.3) is 0 Å². The maximum Gasteiger partial charge on any atom is 0.235 e. The van der Waals surface area contributed by atoms with Gasteiger partial charge in [-0.3, -0.25) is 9.69 Å². The topological polar surface area (TPSA) is 76.4 Å². The van der Waals surface area contributed by atoms with Gasteiger partial charge in [0.15, 0.2) is 0 Å². The summed E-state index contributed by atoms with van der Waals surface area (Å²) < 4.78 is 0. The van der Waals surface area contributed by atoms with Crippen LogP contribution in [0.1, 0.15) is 0 Å². The van der Waals surface area contributed by atoms with Crippen molar-refractivity contribution >= 4 is 5.91 Å². The van der Waals surface area contributed by atoms with Crippen LogP contribution in [0.3, 0.4) is 0 Å². The predicted molar refractivity (Wildman–Crippen MR) is 52.3 cm³/mol. The molecule has 0 radical (unpaired) electrons. The number of rotatable bonds is 7. The Balaban J connectivity index is 3.83. The molecule has 5 heteroatoms. The Hall–Kier alpha value is -1.38. The summed E-state index contributed by atoms with van der Waals surface area (Å²) in [6, 6.07) is 1.82. The molecule has 0 aromatic carbocycles. The van der Waals surface area contributed by atoms with Crippen LogP contribution in [-0.4, -0.2) is 48.7 Å². The molecule has 14 heavy (non-hydrogen) atoms. The first-order valence-corrected chi connectivity index (χ1v) is 4.32. The fourth-order valence-electron chi connectivity index (χ4n) is 0.956. The molecule has 0 aromatic heterocycles. The molecule has 2 N–H and O–H groups in total. The minimum Gasteiger partial charge on any atom is -0.395 e. The maximum absolute atomic E-state index is 11.1. The Morgan fingerprint density at radius 1 is 1.71 bits per heavy atom. The van der Waals surface area contributed by atoms with Crippen molar-refractivity contribution in [3.8, 4) is 6.07 Å². The second-order valence-electron chi connectivity index (χ2n) is 2.68. The second kappa shape index (κ2) is 8.23. The van der Waals surface area contributed by atoms with Crippen molar-refractivity contribution in [1.82, 2.24) is 10.2 Å². The van der Waals surface area contributed by atoms with Crippen molar-refractivity contribution in [3.63, 3.8) is 0 Å². The van der Waals surface area contributed by atoms with E-state index in [1.807, 2.05) is 6.07 Å². The van der Waals surface area contributed by atoms with Crippen LogP contribution in [0.5, 0.6) is 0 Å². The van der Waals surface area contributed by atoms with Gasteiger partial charge < -0.3 is 10.4 Å². The Kier molecular flexibility index (Phi) is 7.42. The number of carbonyl (C=O) groups is 1. The van der Waals surface area contributed by atoms with E-state index >= 15 is 0 Å². The first kappa shape index (κ1) is 12.6. The first-order valence-electron chi connectivity index (χ1n) is 4.32. The number of nitrogens with one attached hydrogen (secondary N) is 1. The van der Waals surface area contributed by atoms with Crippen molar-refractivity contribution in [2.45, 2.75) is 0 Å². The van der Waals surface area contributed by atoms with Crippen molar-refractivity contribution in [1.29, 1.82) is 5.26 Å². The van der Waals surface area contributed by atoms with E-state index < -0.39 is 0 Å². The number of hydrogen-bond acceptors (Lipinski definition) is 4. The summed E-state index contributed by atoms with van der Waals surface area (Å²) in [5, 5.41) is 19.3. The average Bonchev–Trinajstić information content (AvgIpc) is 2.15. The summed E-state index contributed by atoms with van der Waals surface area (Å²) in [6.45, 7) is 4.70. The van der Waals surface area contributed by atoms with Gasteiger partial charge in [-0.2, -0.15) is 5.26 Å². The lowest BCUT2D eigenvalue weighted by atomic mass is 10.4. The van der Waals surface area contributed by atoms with Crippen LogP contribution < -0.4 is 5.32 Å². The van der Waals surface area contributed by atoms with E-state index in [1.54, 1.807) is 11.0 Å². The van der Waals surface area contributed by atoms with Gasteiger partial charge in [0.2, 0.25) is 5.91 Å². The molecular formula is C9H15N3O2. The highest BCUT2D eigenvalue weighted by atomic mass is 16.3. The Bertz CT molecular complexity index is 223. The zero-order valence-corrected chi connectivity index (χ0v) is 8.07.